The second-order valence-corrected chi connectivity index (χ2v) is 9.93. The van der Waals surface area contributed by atoms with Gasteiger partial charge in [-0.2, -0.15) is 4.31 Å². The van der Waals surface area contributed by atoms with Crippen molar-refractivity contribution in [3.63, 3.8) is 0 Å². The van der Waals surface area contributed by atoms with Gasteiger partial charge in [0.1, 0.15) is 4.90 Å². The van der Waals surface area contributed by atoms with Gasteiger partial charge >= 0.3 is 6.36 Å². The number of para-hydroxylation sites is 1. The Morgan fingerprint density at radius 1 is 1.09 bits per heavy atom. The van der Waals surface area contributed by atoms with Crippen molar-refractivity contribution in [3.05, 3.63) is 53.0 Å². The predicted octanol–water partition coefficient (Wildman–Crippen LogP) is 3.32. The maximum atomic E-state index is 13.0. The van der Waals surface area contributed by atoms with Gasteiger partial charge in [0.05, 0.1) is 6.54 Å². The highest BCUT2D eigenvalue weighted by Gasteiger charge is 2.37. The molecule has 174 valence electrons. The third-order valence-electron chi connectivity index (χ3n) is 4.96. The van der Waals surface area contributed by atoms with E-state index in [2.05, 4.69) is 20.7 Å². The Balaban J connectivity index is 1.66. The zero-order chi connectivity index (χ0) is 23.5. The Morgan fingerprint density at radius 3 is 2.31 bits per heavy atom. The van der Waals surface area contributed by atoms with Crippen LogP contribution in [0.25, 0.3) is 0 Å². The Morgan fingerprint density at radius 2 is 1.72 bits per heavy atom. The number of alkyl halides is 3. The van der Waals surface area contributed by atoms with Gasteiger partial charge < -0.3 is 9.64 Å². The average molecular weight is 536 g/mol. The minimum atomic E-state index is -5.03. The van der Waals surface area contributed by atoms with Crippen LogP contribution in [-0.4, -0.2) is 69.7 Å². The number of sulfonamides is 1. The number of ether oxygens (including phenoxy) is 1. The predicted molar refractivity (Wildman–Crippen MR) is 116 cm³/mol. The lowest BCUT2D eigenvalue weighted by Gasteiger charge is -2.34. The number of carbonyl (C=O) groups excluding carboxylic acids is 1. The number of rotatable bonds is 6. The zero-order valence-electron chi connectivity index (χ0n) is 17.0. The van der Waals surface area contributed by atoms with Gasteiger partial charge in [0, 0.05) is 43.4 Å². The lowest BCUT2D eigenvalue weighted by molar-refractivity contribution is -0.275. The fraction of sp³-hybridized carbons (Fsp3) is 0.350. The van der Waals surface area contributed by atoms with Crippen LogP contribution in [-0.2, 0) is 14.8 Å². The number of anilines is 1. The van der Waals surface area contributed by atoms with Gasteiger partial charge in [0.15, 0.2) is 5.75 Å². The Bertz CT molecular complexity index is 1060. The van der Waals surface area contributed by atoms with Crippen molar-refractivity contribution in [3.8, 4) is 5.75 Å². The lowest BCUT2D eigenvalue weighted by atomic mass is 10.3. The van der Waals surface area contributed by atoms with E-state index < -0.39 is 27.0 Å². The van der Waals surface area contributed by atoms with E-state index in [0.717, 1.165) is 22.1 Å². The number of halogens is 4. The largest absolute Gasteiger partial charge is 0.573 e. The van der Waals surface area contributed by atoms with Crippen molar-refractivity contribution >= 4 is 37.5 Å². The van der Waals surface area contributed by atoms with Gasteiger partial charge in [0.2, 0.25) is 15.9 Å². The third-order valence-corrected chi connectivity index (χ3v) is 7.39. The van der Waals surface area contributed by atoms with E-state index in [0.29, 0.717) is 0 Å². The van der Waals surface area contributed by atoms with Gasteiger partial charge in [-0.25, -0.2) is 8.42 Å². The standard InChI is InChI=1S/C20H21BrF3N3O4S/c1-25(16-5-3-2-4-6-16)19(28)14-26-9-11-27(12-10-26)32(29,30)18-8-7-15(21)13-17(18)31-20(22,23)24/h2-8,13H,9-12,14H2,1H3. The summed E-state index contributed by atoms with van der Waals surface area (Å²) in [5.74, 6) is -0.949. The fourth-order valence-electron chi connectivity index (χ4n) is 3.26. The van der Waals surface area contributed by atoms with Gasteiger partial charge in [-0.05, 0) is 30.3 Å². The topological polar surface area (TPSA) is 70.2 Å². The minimum Gasteiger partial charge on any atom is -0.404 e. The van der Waals surface area contributed by atoms with E-state index in [1.807, 2.05) is 23.1 Å². The van der Waals surface area contributed by atoms with Crippen LogP contribution >= 0.6 is 15.9 Å². The van der Waals surface area contributed by atoms with Gasteiger partial charge in [0.25, 0.3) is 0 Å². The maximum absolute atomic E-state index is 13.0. The molecule has 0 radical (unpaired) electrons. The molecule has 1 aliphatic rings. The summed E-state index contributed by atoms with van der Waals surface area (Å²) in [6.45, 7) is 0.692. The van der Waals surface area contributed by atoms with E-state index in [1.165, 1.54) is 11.0 Å². The summed E-state index contributed by atoms with van der Waals surface area (Å²) in [6.07, 6.45) is -5.03. The summed E-state index contributed by atoms with van der Waals surface area (Å²) in [6, 6.07) is 12.5. The number of hydrogen-bond acceptors (Lipinski definition) is 5. The summed E-state index contributed by atoms with van der Waals surface area (Å²) in [4.78, 5) is 15.3. The van der Waals surface area contributed by atoms with E-state index in [-0.39, 0.29) is 43.1 Å². The molecule has 12 heteroatoms. The molecule has 7 nitrogen and oxygen atoms in total. The second kappa shape index (κ2) is 9.77. The molecule has 1 saturated heterocycles. The zero-order valence-corrected chi connectivity index (χ0v) is 19.5. The SMILES string of the molecule is CN(C(=O)CN1CCN(S(=O)(=O)c2ccc(Br)cc2OC(F)(F)F)CC1)c1ccccc1. The number of nitrogens with zero attached hydrogens (tertiary/aromatic N) is 3. The van der Waals surface area contributed by atoms with Crippen molar-refractivity contribution in [2.24, 2.45) is 0 Å². The molecule has 0 unspecified atom stereocenters. The number of likely N-dealkylation sites (N-methyl/N-ethyl adjacent to an activating group) is 1. The molecule has 0 spiro atoms. The first-order valence-corrected chi connectivity index (χ1v) is 11.8. The molecule has 3 rings (SSSR count). The lowest BCUT2D eigenvalue weighted by Crippen LogP contribution is -2.51. The van der Waals surface area contributed by atoms with Crippen LogP contribution in [0.3, 0.4) is 0 Å². The molecule has 0 bridgehead atoms. The molecule has 2 aromatic carbocycles. The van der Waals surface area contributed by atoms with E-state index in [1.54, 1.807) is 19.2 Å². The second-order valence-electron chi connectivity index (χ2n) is 7.11. The highest BCUT2D eigenvalue weighted by atomic mass is 79.9. The Labute approximate surface area is 192 Å². The molecular formula is C20H21BrF3N3O4S. The summed E-state index contributed by atoms with van der Waals surface area (Å²) in [5.41, 5.74) is 0.742. The van der Waals surface area contributed by atoms with Gasteiger partial charge in [-0.3, -0.25) is 9.69 Å². The van der Waals surface area contributed by atoms with Crippen LogP contribution in [0.2, 0.25) is 0 Å². The maximum Gasteiger partial charge on any atom is 0.573 e. The number of carbonyl (C=O) groups is 1. The third kappa shape index (κ3) is 6.00. The first-order chi connectivity index (χ1) is 15.0. The molecule has 0 N–H and O–H groups in total. The van der Waals surface area contributed by atoms with Crippen molar-refractivity contribution in [2.45, 2.75) is 11.3 Å². The molecule has 0 aromatic heterocycles. The summed E-state index contributed by atoms with van der Waals surface area (Å²) in [5, 5.41) is 0. The molecule has 2 aromatic rings. The molecular weight excluding hydrogens is 515 g/mol. The van der Waals surface area contributed by atoms with Crippen molar-refractivity contribution in [1.82, 2.24) is 9.21 Å². The molecule has 0 saturated carbocycles. The summed E-state index contributed by atoms with van der Waals surface area (Å²) in [7, 11) is -2.57. The van der Waals surface area contributed by atoms with Crippen LogP contribution in [0.4, 0.5) is 18.9 Å². The van der Waals surface area contributed by atoms with Crippen LogP contribution in [0, 0.1) is 0 Å². The van der Waals surface area contributed by atoms with Crippen molar-refractivity contribution < 1.29 is 31.1 Å². The number of amides is 1. The summed E-state index contributed by atoms with van der Waals surface area (Å²) < 4.78 is 69.5. The quantitative estimate of drug-likeness (QED) is 0.567. The first-order valence-electron chi connectivity index (χ1n) is 9.57. The van der Waals surface area contributed by atoms with Gasteiger partial charge in [-0.15, -0.1) is 13.2 Å². The monoisotopic (exact) mass is 535 g/mol. The molecule has 1 aliphatic heterocycles. The highest BCUT2D eigenvalue weighted by molar-refractivity contribution is 9.10. The van der Waals surface area contributed by atoms with Crippen molar-refractivity contribution in [1.29, 1.82) is 0 Å². The van der Waals surface area contributed by atoms with E-state index in [4.69, 9.17) is 0 Å². The summed E-state index contributed by atoms with van der Waals surface area (Å²) >= 11 is 3.03. The fourth-order valence-corrected chi connectivity index (χ4v) is 5.12. The molecule has 1 heterocycles. The Kier molecular flexibility index (Phi) is 7.48. The van der Waals surface area contributed by atoms with E-state index in [9.17, 15) is 26.4 Å². The van der Waals surface area contributed by atoms with E-state index >= 15 is 0 Å². The van der Waals surface area contributed by atoms with Crippen LogP contribution in [0.15, 0.2) is 57.9 Å². The molecule has 0 aliphatic carbocycles. The van der Waals surface area contributed by atoms with Gasteiger partial charge in [-0.1, -0.05) is 34.1 Å². The van der Waals surface area contributed by atoms with Crippen LogP contribution < -0.4 is 9.64 Å². The molecule has 1 fully saturated rings. The smallest absolute Gasteiger partial charge is 0.404 e. The molecule has 0 atom stereocenters. The Hall–Kier alpha value is -2.15. The van der Waals surface area contributed by atoms with Crippen molar-refractivity contribution in [2.75, 3.05) is 44.7 Å². The minimum absolute atomic E-state index is 0.0339. The molecule has 1 amide bonds. The molecule has 32 heavy (non-hydrogen) atoms. The number of benzene rings is 2. The number of piperazine rings is 1. The average Bonchev–Trinajstić information content (AvgIpc) is 2.73. The van der Waals surface area contributed by atoms with Crippen LogP contribution in [0.5, 0.6) is 5.75 Å². The first kappa shape index (κ1) is 24.5. The highest BCUT2D eigenvalue weighted by Crippen LogP contribution is 2.34. The number of hydrogen-bond donors (Lipinski definition) is 0. The van der Waals surface area contributed by atoms with Crippen LogP contribution in [0.1, 0.15) is 0 Å². The normalized spacial score (nSPS) is 16.0.